The van der Waals surface area contributed by atoms with Crippen molar-refractivity contribution in [1.82, 2.24) is 44.9 Å². The van der Waals surface area contributed by atoms with Gasteiger partial charge in [-0.15, -0.1) is 0 Å². The SMILES string of the molecule is c1ccc(-c2nc(-c3ccccc3)nc(-c3ccc4c5c(cccc35)C35c6cccc7c(-c8nc(-c9ccccc9)nc(-c9ccccc9)n8)ccc(c67)C43c3ccc(-c4nc(-c6ccccc6)nc(-c6ccccc6)n4)c4cccc5c34)n2)cc1. The number of benzene rings is 12. The Morgan fingerprint density at radius 1 is 0.163 bits per heavy atom. The Morgan fingerprint density at radius 2 is 0.360 bits per heavy atom. The van der Waals surface area contributed by atoms with Gasteiger partial charge in [0, 0.05) is 50.1 Å². The highest BCUT2D eigenvalue weighted by Gasteiger charge is 2.70. The molecule has 0 saturated heterocycles. The number of aromatic nitrogens is 9. The molecule has 0 radical (unpaired) electrons. The van der Waals surface area contributed by atoms with Crippen LogP contribution in [0.5, 0.6) is 0 Å². The van der Waals surface area contributed by atoms with E-state index in [1.807, 2.05) is 109 Å². The van der Waals surface area contributed by atoms with Gasteiger partial charge in [0.05, 0.1) is 10.8 Å². The Labute approximate surface area is 494 Å². The predicted molar refractivity (Wildman–Crippen MR) is 341 cm³/mol. The van der Waals surface area contributed by atoms with Crippen molar-refractivity contribution in [2.75, 3.05) is 0 Å². The van der Waals surface area contributed by atoms with Crippen LogP contribution in [0.3, 0.4) is 0 Å². The average molecular weight is 1100 g/mol. The summed E-state index contributed by atoms with van der Waals surface area (Å²) < 4.78 is 0. The molecule has 15 aromatic rings. The van der Waals surface area contributed by atoms with E-state index >= 15 is 0 Å². The summed E-state index contributed by atoms with van der Waals surface area (Å²) in [7, 11) is 0. The third-order valence-electron chi connectivity index (χ3n) is 17.9. The molecular formula is C77H45N9. The first-order valence-electron chi connectivity index (χ1n) is 29.0. The van der Waals surface area contributed by atoms with Crippen molar-refractivity contribution in [3.8, 4) is 102 Å². The van der Waals surface area contributed by atoms with Gasteiger partial charge >= 0.3 is 0 Å². The van der Waals surface area contributed by atoms with Crippen LogP contribution in [0.15, 0.2) is 273 Å². The molecule has 0 bridgehead atoms. The van der Waals surface area contributed by atoms with Crippen molar-refractivity contribution >= 4 is 32.3 Å². The van der Waals surface area contributed by atoms with Crippen LogP contribution in [0.1, 0.15) is 33.4 Å². The molecule has 3 aliphatic rings. The van der Waals surface area contributed by atoms with Gasteiger partial charge in [0.1, 0.15) is 0 Å². The highest BCUT2D eigenvalue weighted by atomic mass is 15.1. The first-order chi connectivity index (χ1) is 42.6. The van der Waals surface area contributed by atoms with Crippen LogP contribution in [0, 0.1) is 0 Å². The van der Waals surface area contributed by atoms with Crippen LogP contribution in [0.4, 0.5) is 0 Å². The fraction of sp³-hybridized carbons (Fsp3) is 0.0260. The van der Waals surface area contributed by atoms with Crippen molar-refractivity contribution in [1.29, 1.82) is 0 Å². The molecule has 86 heavy (non-hydrogen) atoms. The monoisotopic (exact) mass is 1100 g/mol. The zero-order chi connectivity index (χ0) is 56.5. The molecule has 0 saturated carbocycles. The quantitative estimate of drug-likeness (QED) is 0.139. The maximum atomic E-state index is 5.33. The standard InChI is InChI=1S/C77H45N9/c1-7-22-46(23-8-1)67-78-68(47-24-9-2-10-25-47)82-73(81-67)55-40-43-61-64-52(55)34-19-37-58(64)76-59-38-20-35-53-56(74-83-69(48-26-11-3-12-27-48)79-70(84-74)49-28-13-4-14-29-49)41-44-62(65(53)59)77(61,76)63-45-42-57(54-36-21-39-60(76)66(54)63)75-85-71(50-30-15-5-16-31-50)80-72(86-75)51-32-17-6-18-33-51/h1-45H. The number of hydrogen-bond acceptors (Lipinski definition) is 9. The molecule has 0 atom stereocenters. The molecule has 9 heteroatoms. The highest BCUT2D eigenvalue weighted by Crippen LogP contribution is 2.76. The summed E-state index contributed by atoms with van der Waals surface area (Å²) in [5, 5.41) is 6.82. The molecule has 12 aromatic carbocycles. The number of nitrogens with zero attached hydrogens (tertiary/aromatic N) is 9. The molecule has 3 aromatic heterocycles. The molecule has 0 aliphatic heterocycles. The van der Waals surface area contributed by atoms with E-state index in [4.69, 9.17) is 44.9 Å². The van der Waals surface area contributed by atoms with Crippen molar-refractivity contribution in [2.24, 2.45) is 0 Å². The fourth-order valence-electron chi connectivity index (χ4n) is 14.5. The van der Waals surface area contributed by atoms with E-state index in [-0.39, 0.29) is 0 Å². The summed E-state index contributed by atoms with van der Waals surface area (Å²) in [5.74, 6) is 5.54. The summed E-state index contributed by atoms with van der Waals surface area (Å²) >= 11 is 0. The summed E-state index contributed by atoms with van der Waals surface area (Å²) in [5.41, 5.74) is 14.1. The zero-order valence-corrected chi connectivity index (χ0v) is 46.0. The second-order valence-corrected chi connectivity index (χ2v) is 22.3. The van der Waals surface area contributed by atoms with E-state index in [1.54, 1.807) is 0 Å². The van der Waals surface area contributed by atoms with E-state index in [2.05, 4.69) is 164 Å². The zero-order valence-electron chi connectivity index (χ0n) is 46.0. The minimum atomic E-state index is -0.759. The topological polar surface area (TPSA) is 116 Å². The Morgan fingerprint density at radius 3 is 0.581 bits per heavy atom. The third kappa shape index (κ3) is 6.73. The van der Waals surface area contributed by atoms with E-state index in [0.29, 0.717) is 52.4 Å². The Hall–Kier alpha value is -11.6. The molecule has 398 valence electrons. The smallest absolute Gasteiger partial charge is 0.164 e. The second kappa shape index (κ2) is 18.5. The van der Waals surface area contributed by atoms with Gasteiger partial charge in [-0.2, -0.15) is 0 Å². The lowest BCUT2D eigenvalue weighted by atomic mass is 9.59. The molecule has 9 nitrogen and oxygen atoms in total. The highest BCUT2D eigenvalue weighted by molar-refractivity contribution is 6.17. The molecular weight excluding hydrogens is 1050 g/mol. The van der Waals surface area contributed by atoms with Crippen LogP contribution in [-0.4, -0.2) is 44.9 Å². The largest absolute Gasteiger partial charge is 0.208 e. The molecule has 0 fully saturated rings. The normalized spacial score (nSPS) is 15.8. The Balaban J connectivity index is 0.916. The molecule has 3 heterocycles. The third-order valence-corrected chi connectivity index (χ3v) is 17.9. The van der Waals surface area contributed by atoms with Crippen molar-refractivity contribution in [3.63, 3.8) is 0 Å². The molecule has 18 rings (SSSR count). The predicted octanol–water partition coefficient (Wildman–Crippen LogP) is 17.0. The van der Waals surface area contributed by atoms with Crippen LogP contribution in [0.2, 0.25) is 0 Å². The molecule has 3 aliphatic carbocycles. The van der Waals surface area contributed by atoms with Crippen LogP contribution < -0.4 is 0 Å². The van der Waals surface area contributed by atoms with E-state index in [9.17, 15) is 0 Å². The summed E-state index contributed by atoms with van der Waals surface area (Å²) in [4.78, 5) is 47.3. The van der Waals surface area contributed by atoms with Crippen LogP contribution in [0.25, 0.3) is 135 Å². The van der Waals surface area contributed by atoms with Gasteiger partial charge in [-0.25, -0.2) is 44.9 Å². The van der Waals surface area contributed by atoms with Crippen LogP contribution in [-0.2, 0) is 10.8 Å². The van der Waals surface area contributed by atoms with E-state index in [1.165, 1.54) is 49.5 Å². The van der Waals surface area contributed by atoms with Crippen molar-refractivity contribution in [2.45, 2.75) is 10.8 Å². The summed E-state index contributed by atoms with van der Waals surface area (Å²) in [6.45, 7) is 0. The minimum Gasteiger partial charge on any atom is -0.208 e. The second-order valence-electron chi connectivity index (χ2n) is 22.3. The number of rotatable bonds is 9. The fourth-order valence-corrected chi connectivity index (χ4v) is 14.5. The Bertz CT molecular complexity index is 4540. The first kappa shape index (κ1) is 48.0. The van der Waals surface area contributed by atoms with Gasteiger partial charge < -0.3 is 0 Å². The maximum absolute atomic E-state index is 5.33. The summed E-state index contributed by atoms with van der Waals surface area (Å²) in [6.07, 6.45) is 0. The first-order valence-corrected chi connectivity index (χ1v) is 29.0. The van der Waals surface area contributed by atoms with Gasteiger partial charge in [0.2, 0.25) is 0 Å². The van der Waals surface area contributed by atoms with E-state index < -0.39 is 10.8 Å². The molecule has 0 unspecified atom stereocenters. The Kier molecular flexibility index (Phi) is 10.3. The van der Waals surface area contributed by atoms with E-state index in [0.717, 1.165) is 66.2 Å². The average Bonchev–Trinajstić information content (AvgIpc) is 1.44. The van der Waals surface area contributed by atoms with Crippen molar-refractivity contribution in [3.05, 3.63) is 306 Å². The molecule has 0 amide bonds. The minimum absolute atomic E-state index is 0.613. The lowest BCUT2D eigenvalue weighted by molar-refractivity contribution is 0.492. The van der Waals surface area contributed by atoms with Gasteiger partial charge in [0.25, 0.3) is 0 Å². The van der Waals surface area contributed by atoms with Gasteiger partial charge in [-0.1, -0.05) is 273 Å². The van der Waals surface area contributed by atoms with Gasteiger partial charge in [0.15, 0.2) is 52.4 Å². The van der Waals surface area contributed by atoms with Gasteiger partial charge in [-0.3, -0.25) is 0 Å². The van der Waals surface area contributed by atoms with Crippen LogP contribution >= 0.6 is 0 Å². The van der Waals surface area contributed by atoms with Crippen molar-refractivity contribution < 1.29 is 0 Å². The molecule has 0 spiro atoms. The lowest BCUT2D eigenvalue weighted by Gasteiger charge is -2.40. The number of hydrogen-bond donors (Lipinski definition) is 0. The molecule has 0 N–H and O–H groups in total. The summed E-state index contributed by atoms with van der Waals surface area (Å²) in [6, 6.07) is 95.7. The van der Waals surface area contributed by atoms with Gasteiger partial charge in [-0.05, 0) is 65.7 Å². The lowest BCUT2D eigenvalue weighted by Crippen LogP contribution is -2.42. The maximum Gasteiger partial charge on any atom is 0.164 e.